The molecular weight excluding hydrogens is 400 g/mol. The average Bonchev–Trinajstić information content (AvgIpc) is 3.02. The summed E-state index contributed by atoms with van der Waals surface area (Å²) < 4.78 is 0. The fourth-order valence-electron chi connectivity index (χ4n) is 4.45. The number of nitrogens with one attached hydrogen (secondary N) is 1. The Bertz CT molecular complexity index is 922. The van der Waals surface area contributed by atoms with Crippen LogP contribution in [0, 0.1) is 0 Å². The molecule has 164 valence electrons. The van der Waals surface area contributed by atoms with E-state index in [0.717, 1.165) is 62.4 Å². The molecule has 0 aromatic heterocycles. The van der Waals surface area contributed by atoms with Gasteiger partial charge in [0.25, 0.3) is 11.8 Å². The highest BCUT2D eigenvalue weighted by Crippen LogP contribution is 2.31. The Morgan fingerprint density at radius 1 is 0.968 bits per heavy atom. The average molecular weight is 426 g/mol. The minimum absolute atomic E-state index is 0.106. The molecule has 1 aromatic carbocycles. The number of piperazine rings is 1. The molecule has 3 aliphatic heterocycles. The lowest BCUT2D eigenvalue weighted by Crippen LogP contribution is -2.54. The maximum Gasteiger partial charge on any atom is 0.262 e. The molecule has 2 fully saturated rings. The number of nitrogens with zero attached hydrogens (tertiary/aromatic N) is 3. The standard InChI is InChI=1S/C22H26N4O5/c27-13-3-1-2-8-24-9-11-25(12-10-24)15-4-5-16-17(14-15)22(31)26(21(16)30)18-6-7-19(28)23-20(18)29/h4-5,13-14,18H,1-3,6-12H2,(H,23,28,29). The first-order chi connectivity index (χ1) is 15.0. The van der Waals surface area contributed by atoms with Crippen LogP contribution >= 0.6 is 0 Å². The summed E-state index contributed by atoms with van der Waals surface area (Å²) in [6.07, 6.45) is 3.74. The lowest BCUT2D eigenvalue weighted by atomic mass is 10.0. The quantitative estimate of drug-likeness (QED) is 0.386. The van der Waals surface area contributed by atoms with Gasteiger partial charge in [-0.3, -0.25) is 34.3 Å². The van der Waals surface area contributed by atoms with Crippen LogP contribution in [-0.2, 0) is 14.4 Å². The van der Waals surface area contributed by atoms with Crippen LogP contribution in [0.25, 0.3) is 0 Å². The van der Waals surface area contributed by atoms with E-state index in [-0.39, 0.29) is 18.7 Å². The Morgan fingerprint density at radius 3 is 2.42 bits per heavy atom. The number of hydrogen-bond donors (Lipinski definition) is 1. The number of rotatable bonds is 7. The summed E-state index contributed by atoms with van der Waals surface area (Å²) in [5, 5.41) is 2.21. The third-order valence-corrected chi connectivity index (χ3v) is 6.21. The van der Waals surface area contributed by atoms with E-state index in [0.29, 0.717) is 17.5 Å². The van der Waals surface area contributed by atoms with Gasteiger partial charge in [0.15, 0.2) is 0 Å². The number of fused-ring (bicyclic) bond motifs is 1. The molecule has 1 N–H and O–H groups in total. The first-order valence-electron chi connectivity index (χ1n) is 10.8. The summed E-state index contributed by atoms with van der Waals surface area (Å²) >= 11 is 0. The lowest BCUT2D eigenvalue weighted by Gasteiger charge is -2.36. The zero-order chi connectivity index (χ0) is 22.0. The highest BCUT2D eigenvalue weighted by Gasteiger charge is 2.44. The Balaban J connectivity index is 1.41. The normalized spacial score (nSPS) is 22.0. The van der Waals surface area contributed by atoms with Crippen LogP contribution < -0.4 is 10.2 Å². The van der Waals surface area contributed by atoms with E-state index < -0.39 is 23.8 Å². The van der Waals surface area contributed by atoms with E-state index in [2.05, 4.69) is 15.1 Å². The summed E-state index contributed by atoms with van der Waals surface area (Å²) in [6, 6.07) is 4.29. The molecule has 0 radical (unpaired) electrons. The van der Waals surface area contributed by atoms with Crippen LogP contribution in [0.3, 0.4) is 0 Å². The number of carbonyl (C=O) groups excluding carboxylic acids is 5. The van der Waals surface area contributed by atoms with E-state index in [9.17, 15) is 24.0 Å². The second-order valence-corrected chi connectivity index (χ2v) is 8.17. The Kier molecular flexibility index (Phi) is 6.13. The number of amides is 4. The summed E-state index contributed by atoms with van der Waals surface area (Å²) in [7, 11) is 0. The predicted octanol–water partition coefficient (Wildman–Crippen LogP) is 0.579. The van der Waals surface area contributed by atoms with Gasteiger partial charge in [-0.05, 0) is 44.0 Å². The fourth-order valence-corrected chi connectivity index (χ4v) is 4.45. The third kappa shape index (κ3) is 4.23. The van der Waals surface area contributed by atoms with Gasteiger partial charge >= 0.3 is 0 Å². The number of benzene rings is 1. The van der Waals surface area contributed by atoms with Crippen LogP contribution in [-0.4, -0.2) is 78.5 Å². The number of hydrogen-bond acceptors (Lipinski definition) is 7. The number of carbonyl (C=O) groups is 5. The van der Waals surface area contributed by atoms with Crippen molar-refractivity contribution in [3.63, 3.8) is 0 Å². The van der Waals surface area contributed by atoms with E-state index in [1.54, 1.807) is 12.1 Å². The molecule has 4 rings (SSSR count). The summed E-state index contributed by atoms with van der Waals surface area (Å²) in [4.78, 5) is 65.3. The minimum atomic E-state index is -0.948. The minimum Gasteiger partial charge on any atom is -0.369 e. The third-order valence-electron chi connectivity index (χ3n) is 6.21. The van der Waals surface area contributed by atoms with Crippen molar-refractivity contribution in [1.29, 1.82) is 0 Å². The van der Waals surface area contributed by atoms with Crippen molar-refractivity contribution >= 4 is 35.6 Å². The van der Waals surface area contributed by atoms with Crippen molar-refractivity contribution in [2.24, 2.45) is 0 Å². The second-order valence-electron chi connectivity index (χ2n) is 8.17. The number of imide groups is 2. The fraction of sp³-hybridized carbons (Fsp3) is 0.500. The lowest BCUT2D eigenvalue weighted by molar-refractivity contribution is -0.136. The molecule has 0 spiro atoms. The monoisotopic (exact) mass is 426 g/mol. The highest BCUT2D eigenvalue weighted by molar-refractivity contribution is 6.23. The van der Waals surface area contributed by atoms with Crippen LogP contribution in [0.2, 0.25) is 0 Å². The van der Waals surface area contributed by atoms with Gasteiger partial charge in [-0.2, -0.15) is 0 Å². The van der Waals surface area contributed by atoms with Crippen molar-refractivity contribution < 1.29 is 24.0 Å². The van der Waals surface area contributed by atoms with Gasteiger partial charge in [0.2, 0.25) is 11.8 Å². The Morgan fingerprint density at radius 2 is 1.71 bits per heavy atom. The van der Waals surface area contributed by atoms with Crippen molar-refractivity contribution in [2.45, 2.75) is 38.1 Å². The molecule has 4 amide bonds. The van der Waals surface area contributed by atoms with Gasteiger partial charge in [-0.25, -0.2) is 0 Å². The molecule has 3 heterocycles. The maximum absolute atomic E-state index is 13.0. The topological polar surface area (TPSA) is 107 Å². The van der Waals surface area contributed by atoms with Crippen molar-refractivity contribution in [1.82, 2.24) is 15.1 Å². The number of unbranched alkanes of at least 4 members (excludes halogenated alkanes) is 2. The molecule has 0 bridgehead atoms. The van der Waals surface area contributed by atoms with Crippen LogP contribution in [0.4, 0.5) is 5.69 Å². The van der Waals surface area contributed by atoms with Gasteiger partial charge in [-0.15, -0.1) is 0 Å². The molecule has 3 aliphatic rings. The van der Waals surface area contributed by atoms with Gasteiger partial charge in [-0.1, -0.05) is 0 Å². The molecule has 1 unspecified atom stereocenters. The summed E-state index contributed by atoms with van der Waals surface area (Å²) in [5.41, 5.74) is 1.49. The van der Waals surface area contributed by atoms with Crippen molar-refractivity contribution in [2.75, 3.05) is 37.6 Å². The van der Waals surface area contributed by atoms with Gasteiger partial charge in [0.05, 0.1) is 11.1 Å². The summed E-state index contributed by atoms with van der Waals surface area (Å²) in [6.45, 7) is 4.39. The molecule has 0 aliphatic carbocycles. The molecule has 0 saturated carbocycles. The van der Waals surface area contributed by atoms with Gasteiger partial charge in [0.1, 0.15) is 12.3 Å². The van der Waals surface area contributed by atoms with E-state index in [1.807, 2.05) is 6.07 Å². The first-order valence-corrected chi connectivity index (χ1v) is 10.8. The van der Waals surface area contributed by atoms with Crippen LogP contribution in [0.1, 0.15) is 52.8 Å². The maximum atomic E-state index is 13.0. The molecule has 1 aromatic rings. The largest absolute Gasteiger partial charge is 0.369 e. The molecule has 9 nitrogen and oxygen atoms in total. The van der Waals surface area contributed by atoms with Crippen LogP contribution in [0.15, 0.2) is 18.2 Å². The van der Waals surface area contributed by atoms with E-state index in [1.165, 1.54) is 0 Å². The Hall–Kier alpha value is -3.07. The first kappa shape index (κ1) is 21.2. The number of aldehydes is 1. The van der Waals surface area contributed by atoms with Crippen molar-refractivity contribution in [3.8, 4) is 0 Å². The Labute approximate surface area is 180 Å². The van der Waals surface area contributed by atoms with Gasteiger partial charge < -0.3 is 9.69 Å². The molecule has 31 heavy (non-hydrogen) atoms. The van der Waals surface area contributed by atoms with E-state index >= 15 is 0 Å². The molecular formula is C22H26N4O5. The SMILES string of the molecule is O=CCCCCN1CCN(c2ccc3c(c2)C(=O)N(C2CCC(=O)NC2=O)C3=O)CC1. The predicted molar refractivity (Wildman–Crippen MR) is 112 cm³/mol. The summed E-state index contributed by atoms with van der Waals surface area (Å²) in [5.74, 6) is -1.95. The zero-order valence-electron chi connectivity index (χ0n) is 17.3. The van der Waals surface area contributed by atoms with Crippen molar-refractivity contribution in [3.05, 3.63) is 29.3 Å². The molecule has 2 saturated heterocycles. The van der Waals surface area contributed by atoms with Gasteiger partial charge in [0, 0.05) is 44.7 Å². The zero-order valence-corrected chi connectivity index (χ0v) is 17.3. The van der Waals surface area contributed by atoms with Crippen LogP contribution in [0.5, 0.6) is 0 Å². The molecule has 9 heteroatoms. The highest BCUT2D eigenvalue weighted by atomic mass is 16.2. The number of anilines is 1. The second kappa shape index (κ2) is 8.97. The van der Waals surface area contributed by atoms with E-state index in [4.69, 9.17) is 0 Å². The number of piperidine rings is 1. The smallest absolute Gasteiger partial charge is 0.262 e. The molecule has 1 atom stereocenters.